The highest BCUT2D eigenvalue weighted by molar-refractivity contribution is 5.93. The van der Waals surface area contributed by atoms with Crippen LogP contribution in [0.4, 0.5) is 0 Å². The van der Waals surface area contributed by atoms with Crippen LogP contribution in [0, 0.1) is 11.8 Å². The van der Waals surface area contributed by atoms with Gasteiger partial charge in [0.2, 0.25) is 0 Å². The lowest BCUT2D eigenvalue weighted by Gasteiger charge is -2.25. The maximum absolute atomic E-state index is 12.1. The summed E-state index contributed by atoms with van der Waals surface area (Å²) in [5.41, 5.74) is 0.827. The first kappa shape index (κ1) is 24.6. The van der Waals surface area contributed by atoms with Crippen molar-refractivity contribution >= 4 is 11.9 Å². The smallest absolute Gasteiger partial charge is 0.338 e. The van der Waals surface area contributed by atoms with Gasteiger partial charge in [0.05, 0.1) is 64.0 Å². The van der Waals surface area contributed by atoms with Gasteiger partial charge < -0.3 is 28.4 Å². The Hall–Kier alpha value is -2.00. The Morgan fingerprint density at radius 1 is 0.656 bits per heavy atom. The summed E-state index contributed by atoms with van der Waals surface area (Å²) >= 11 is 0. The van der Waals surface area contributed by atoms with E-state index in [4.69, 9.17) is 28.4 Å². The third-order valence-electron chi connectivity index (χ3n) is 5.31. The molecule has 0 unspecified atom stereocenters. The highest BCUT2D eigenvalue weighted by Crippen LogP contribution is 2.12. The molecule has 2 heterocycles. The van der Waals surface area contributed by atoms with Gasteiger partial charge in [-0.15, -0.1) is 0 Å². The molecule has 0 N–H and O–H groups in total. The zero-order chi connectivity index (χ0) is 22.4. The lowest BCUT2D eigenvalue weighted by molar-refractivity contribution is -0.0720. The zero-order valence-corrected chi connectivity index (χ0v) is 18.6. The van der Waals surface area contributed by atoms with Gasteiger partial charge in [0, 0.05) is 25.0 Å². The van der Waals surface area contributed by atoms with Crippen LogP contribution in [-0.4, -0.2) is 78.0 Å². The topological polar surface area (TPSA) is 89.5 Å². The highest BCUT2D eigenvalue weighted by Gasteiger charge is 2.18. The summed E-state index contributed by atoms with van der Waals surface area (Å²) in [7, 11) is 0. The number of rotatable bonds is 16. The Balaban J connectivity index is 1.19. The van der Waals surface area contributed by atoms with E-state index in [1.165, 1.54) is 0 Å². The van der Waals surface area contributed by atoms with Gasteiger partial charge in [0.1, 0.15) is 0 Å². The summed E-state index contributed by atoms with van der Waals surface area (Å²) in [5, 5.41) is 0. The van der Waals surface area contributed by atoms with Gasteiger partial charge in [-0.3, -0.25) is 0 Å². The second-order valence-electron chi connectivity index (χ2n) is 8.22. The van der Waals surface area contributed by atoms with Crippen LogP contribution in [0.15, 0.2) is 24.3 Å². The quantitative estimate of drug-likeness (QED) is 0.281. The third-order valence-corrected chi connectivity index (χ3v) is 5.31. The molecule has 2 fully saturated rings. The van der Waals surface area contributed by atoms with Crippen molar-refractivity contribution in [2.24, 2.45) is 11.8 Å². The molecular weight excluding hydrogens is 416 g/mol. The summed E-state index contributed by atoms with van der Waals surface area (Å²) in [6.45, 7) is 6.65. The van der Waals surface area contributed by atoms with Crippen LogP contribution >= 0.6 is 0 Å². The average molecular weight is 451 g/mol. The van der Waals surface area contributed by atoms with Crippen molar-refractivity contribution in [3.05, 3.63) is 35.4 Å². The predicted molar refractivity (Wildman–Crippen MR) is 116 cm³/mol. The molecular formula is C24H34O8. The fraction of sp³-hybridized carbons (Fsp3) is 0.667. The zero-order valence-electron chi connectivity index (χ0n) is 18.6. The Morgan fingerprint density at radius 3 is 1.38 bits per heavy atom. The standard InChI is InChI=1S/C24H34O8/c25-23(31-11-3-1-9-27-13-19-15-29-16-19)21-5-7-22(8-6-21)24(26)32-12-4-2-10-28-14-20-17-30-18-20/h5-8,19-20H,1-4,9-18H2. The number of benzene rings is 1. The number of esters is 2. The maximum atomic E-state index is 12.1. The summed E-state index contributed by atoms with van der Waals surface area (Å²) in [4.78, 5) is 24.2. The first-order chi connectivity index (χ1) is 15.7. The second kappa shape index (κ2) is 14.2. The molecule has 2 aliphatic rings. The molecule has 8 heteroatoms. The number of ether oxygens (including phenoxy) is 6. The summed E-state index contributed by atoms with van der Waals surface area (Å²) in [6, 6.07) is 6.34. The van der Waals surface area contributed by atoms with Gasteiger partial charge in [0.15, 0.2) is 0 Å². The van der Waals surface area contributed by atoms with E-state index >= 15 is 0 Å². The normalized spacial score (nSPS) is 16.2. The Kier molecular flexibility index (Phi) is 10.9. The fourth-order valence-electron chi connectivity index (χ4n) is 3.11. The van der Waals surface area contributed by atoms with Crippen LogP contribution < -0.4 is 0 Å². The van der Waals surface area contributed by atoms with E-state index in [1.54, 1.807) is 24.3 Å². The molecule has 32 heavy (non-hydrogen) atoms. The maximum Gasteiger partial charge on any atom is 0.338 e. The number of carbonyl (C=O) groups excluding carboxylic acids is 2. The van der Waals surface area contributed by atoms with E-state index in [1.807, 2.05) is 0 Å². The van der Waals surface area contributed by atoms with Crippen LogP contribution in [0.5, 0.6) is 0 Å². The summed E-state index contributed by atoms with van der Waals surface area (Å²) < 4.78 is 31.9. The summed E-state index contributed by atoms with van der Waals surface area (Å²) in [6.07, 6.45) is 3.18. The first-order valence-corrected chi connectivity index (χ1v) is 11.5. The molecule has 1 aromatic carbocycles. The van der Waals surface area contributed by atoms with E-state index in [9.17, 15) is 9.59 Å². The van der Waals surface area contributed by atoms with Crippen molar-refractivity contribution in [2.45, 2.75) is 25.7 Å². The second-order valence-corrected chi connectivity index (χ2v) is 8.22. The van der Waals surface area contributed by atoms with Crippen molar-refractivity contribution in [3.63, 3.8) is 0 Å². The van der Waals surface area contributed by atoms with Crippen LogP contribution in [-0.2, 0) is 28.4 Å². The molecule has 0 radical (unpaired) electrons. The predicted octanol–water partition coefficient (Wildman–Crippen LogP) is 2.89. The monoisotopic (exact) mass is 450 g/mol. The number of hydrogen-bond acceptors (Lipinski definition) is 8. The molecule has 0 bridgehead atoms. The Morgan fingerprint density at radius 2 is 1.03 bits per heavy atom. The molecule has 178 valence electrons. The van der Waals surface area contributed by atoms with Crippen molar-refractivity contribution in [2.75, 3.05) is 66.1 Å². The van der Waals surface area contributed by atoms with E-state index < -0.39 is 11.9 Å². The van der Waals surface area contributed by atoms with Crippen molar-refractivity contribution in [3.8, 4) is 0 Å². The van der Waals surface area contributed by atoms with Gasteiger partial charge in [-0.1, -0.05) is 0 Å². The van der Waals surface area contributed by atoms with Crippen LogP contribution in [0.3, 0.4) is 0 Å². The Bertz CT molecular complexity index is 623. The lowest BCUT2D eigenvalue weighted by atomic mass is 10.1. The van der Waals surface area contributed by atoms with Crippen molar-refractivity contribution in [1.82, 2.24) is 0 Å². The molecule has 0 spiro atoms. The van der Waals surface area contributed by atoms with Crippen molar-refractivity contribution in [1.29, 1.82) is 0 Å². The van der Waals surface area contributed by atoms with E-state index in [2.05, 4.69) is 0 Å². The molecule has 0 aliphatic carbocycles. The van der Waals surface area contributed by atoms with Gasteiger partial charge >= 0.3 is 11.9 Å². The Labute approximate surface area is 189 Å². The van der Waals surface area contributed by atoms with Gasteiger partial charge in [-0.25, -0.2) is 9.59 Å². The molecule has 0 amide bonds. The van der Waals surface area contributed by atoms with E-state index in [0.29, 0.717) is 49.4 Å². The SMILES string of the molecule is O=C(OCCCCOCC1COC1)c1ccc(C(=O)OCCCCOCC2COC2)cc1. The fourth-order valence-corrected chi connectivity index (χ4v) is 3.11. The van der Waals surface area contributed by atoms with Crippen molar-refractivity contribution < 1.29 is 38.0 Å². The summed E-state index contributed by atoms with van der Waals surface area (Å²) in [5.74, 6) is 0.271. The molecule has 0 saturated carbocycles. The molecule has 1 aromatic rings. The van der Waals surface area contributed by atoms with Gasteiger partial charge in [0.25, 0.3) is 0 Å². The van der Waals surface area contributed by atoms with E-state index in [0.717, 1.165) is 65.3 Å². The minimum absolute atomic E-state index is 0.344. The van der Waals surface area contributed by atoms with Gasteiger partial charge in [-0.05, 0) is 49.9 Å². The number of carbonyl (C=O) groups is 2. The molecule has 2 aliphatic heterocycles. The molecule has 0 aromatic heterocycles. The minimum Gasteiger partial charge on any atom is -0.462 e. The highest BCUT2D eigenvalue weighted by atomic mass is 16.5. The molecule has 8 nitrogen and oxygen atoms in total. The average Bonchev–Trinajstić information content (AvgIpc) is 2.74. The lowest BCUT2D eigenvalue weighted by Crippen LogP contribution is -2.31. The van der Waals surface area contributed by atoms with Gasteiger partial charge in [-0.2, -0.15) is 0 Å². The number of unbranched alkanes of at least 4 members (excludes halogenated alkanes) is 2. The number of hydrogen-bond donors (Lipinski definition) is 0. The van der Waals surface area contributed by atoms with Crippen LogP contribution in [0.25, 0.3) is 0 Å². The molecule has 0 atom stereocenters. The largest absolute Gasteiger partial charge is 0.462 e. The first-order valence-electron chi connectivity index (χ1n) is 11.5. The molecule has 3 rings (SSSR count). The third kappa shape index (κ3) is 8.86. The van der Waals surface area contributed by atoms with E-state index in [-0.39, 0.29) is 0 Å². The van der Waals surface area contributed by atoms with Crippen LogP contribution in [0.1, 0.15) is 46.4 Å². The molecule has 2 saturated heterocycles. The van der Waals surface area contributed by atoms with Crippen LogP contribution in [0.2, 0.25) is 0 Å². The minimum atomic E-state index is -0.397.